The molecule has 2 aromatic rings. The van der Waals surface area contributed by atoms with E-state index in [1.165, 1.54) is 12.1 Å². The molecule has 1 aliphatic heterocycles. The lowest BCUT2D eigenvalue weighted by molar-refractivity contribution is 0.195. The monoisotopic (exact) mass is 432 g/mol. The normalized spacial score (nSPS) is 16.4. The highest BCUT2D eigenvalue weighted by atomic mass is 28.4. The van der Waals surface area contributed by atoms with Gasteiger partial charge in [0.05, 0.1) is 18.3 Å². The Morgan fingerprint density at radius 2 is 1.90 bits per heavy atom. The summed E-state index contributed by atoms with van der Waals surface area (Å²) >= 11 is 0. The Hall–Kier alpha value is -2.12. The maximum atomic E-state index is 13.3. The van der Waals surface area contributed by atoms with Gasteiger partial charge in [-0.3, -0.25) is 0 Å². The first-order chi connectivity index (χ1) is 14.0. The van der Waals surface area contributed by atoms with E-state index in [9.17, 15) is 4.39 Å². The van der Waals surface area contributed by atoms with E-state index in [0.717, 1.165) is 16.8 Å². The van der Waals surface area contributed by atoms with E-state index >= 15 is 0 Å². The molecule has 0 radical (unpaired) electrons. The van der Waals surface area contributed by atoms with Gasteiger partial charge in [-0.15, -0.1) is 0 Å². The van der Waals surface area contributed by atoms with E-state index in [1.54, 1.807) is 12.1 Å². The van der Waals surface area contributed by atoms with Crippen molar-refractivity contribution in [2.75, 3.05) is 25.1 Å². The highest BCUT2D eigenvalue weighted by Crippen LogP contribution is 2.37. The molecule has 1 aromatic carbocycles. The number of nitrogens with one attached hydrogen (secondary N) is 1. The van der Waals surface area contributed by atoms with Crippen LogP contribution in [0.2, 0.25) is 18.1 Å². The summed E-state index contributed by atoms with van der Waals surface area (Å²) in [6.45, 7) is 14.7. The zero-order valence-electron chi connectivity index (χ0n) is 18.8. The van der Waals surface area contributed by atoms with Crippen molar-refractivity contribution < 1.29 is 18.3 Å². The zero-order valence-corrected chi connectivity index (χ0v) is 19.8. The van der Waals surface area contributed by atoms with Crippen LogP contribution in [0, 0.1) is 5.82 Å². The summed E-state index contributed by atoms with van der Waals surface area (Å²) in [6.07, 6.45) is 0.592. The average molecular weight is 433 g/mol. The van der Waals surface area contributed by atoms with E-state index < -0.39 is 8.32 Å². The zero-order chi connectivity index (χ0) is 21.9. The Labute approximate surface area is 180 Å². The summed E-state index contributed by atoms with van der Waals surface area (Å²) in [5.74, 6) is 0.843. The number of benzene rings is 1. The van der Waals surface area contributed by atoms with E-state index in [4.69, 9.17) is 13.9 Å². The topological polar surface area (TPSA) is 52.6 Å². The highest BCUT2D eigenvalue weighted by molar-refractivity contribution is 6.74. The third kappa shape index (κ3) is 5.52. The van der Waals surface area contributed by atoms with Crippen LogP contribution in [-0.4, -0.2) is 39.2 Å². The third-order valence-corrected chi connectivity index (χ3v) is 10.3. The van der Waals surface area contributed by atoms with Gasteiger partial charge in [-0.1, -0.05) is 32.9 Å². The van der Waals surface area contributed by atoms with Crippen molar-refractivity contribution in [3.8, 4) is 11.8 Å². The van der Waals surface area contributed by atoms with Gasteiger partial charge in [-0.05, 0) is 48.8 Å². The van der Waals surface area contributed by atoms with Gasteiger partial charge in [0.15, 0.2) is 8.32 Å². The van der Waals surface area contributed by atoms with Gasteiger partial charge >= 0.3 is 0 Å². The Balaban J connectivity index is 1.75. The van der Waals surface area contributed by atoms with Gasteiger partial charge in [0.25, 0.3) is 0 Å². The second-order valence-corrected chi connectivity index (χ2v) is 14.2. The second kappa shape index (κ2) is 8.94. The van der Waals surface area contributed by atoms with Crippen LogP contribution in [0.25, 0.3) is 0 Å². The largest absolute Gasteiger partial charge is 0.475 e. The number of ether oxygens (including phenoxy) is 2. The molecule has 0 saturated carbocycles. The van der Waals surface area contributed by atoms with E-state index in [0.29, 0.717) is 38.0 Å². The van der Waals surface area contributed by atoms with Gasteiger partial charge in [-0.2, -0.15) is 4.98 Å². The predicted octanol–water partition coefficient (Wildman–Crippen LogP) is 5.40. The SMILES string of the molecule is C[C@H]1COc2nc(OCCO[Si](C)(C)C(C)(C)C)c(Cc3ccc(F)cc3)cc2N1. The average Bonchev–Trinajstić information content (AvgIpc) is 2.66. The fourth-order valence-corrected chi connectivity index (χ4v) is 4.00. The molecule has 3 rings (SSSR count). The van der Waals surface area contributed by atoms with Crippen molar-refractivity contribution in [2.45, 2.75) is 58.3 Å². The molecular formula is C23H33FN2O3Si. The Morgan fingerprint density at radius 1 is 1.20 bits per heavy atom. The van der Waals surface area contributed by atoms with Crippen molar-refractivity contribution in [1.82, 2.24) is 4.98 Å². The summed E-state index contributed by atoms with van der Waals surface area (Å²) in [5.41, 5.74) is 2.78. The summed E-state index contributed by atoms with van der Waals surface area (Å²) in [6, 6.07) is 8.74. The first-order valence-corrected chi connectivity index (χ1v) is 13.4. The maximum Gasteiger partial charge on any atom is 0.240 e. The van der Waals surface area contributed by atoms with Crippen molar-refractivity contribution in [3.63, 3.8) is 0 Å². The predicted molar refractivity (Wildman–Crippen MR) is 121 cm³/mol. The van der Waals surface area contributed by atoms with Gasteiger partial charge in [-0.25, -0.2) is 4.39 Å². The standard InChI is InChI=1S/C23H33FN2O3Si/c1-16-15-28-22-20(25-16)14-18(13-17-7-9-19(24)10-8-17)21(26-22)27-11-12-29-30(5,6)23(2,3)4/h7-10,14,16,25H,11-13,15H2,1-6H3/t16-/m0/s1. The molecular weight excluding hydrogens is 399 g/mol. The molecule has 7 heteroatoms. The molecule has 0 bridgehead atoms. The quantitative estimate of drug-likeness (QED) is 0.469. The number of rotatable bonds is 7. The fraction of sp³-hybridized carbons (Fsp3) is 0.522. The minimum absolute atomic E-state index is 0.154. The molecule has 30 heavy (non-hydrogen) atoms. The number of fused-ring (bicyclic) bond motifs is 1. The van der Waals surface area contributed by atoms with E-state index in [-0.39, 0.29) is 16.9 Å². The van der Waals surface area contributed by atoms with Gasteiger partial charge in [0.2, 0.25) is 11.8 Å². The Kier molecular flexibility index (Phi) is 6.72. The minimum atomic E-state index is -1.82. The van der Waals surface area contributed by atoms with Crippen LogP contribution in [0.4, 0.5) is 10.1 Å². The highest BCUT2D eigenvalue weighted by Gasteiger charge is 2.37. The molecule has 164 valence electrons. The lowest BCUT2D eigenvalue weighted by Gasteiger charge is -2.36. The van der Waals surface area contributed by atoms with Crippen molar-refractivity contribution in [3.05, 3.63) is 47.3 Å². The number of hydrogen-bond acceptors (Lipinski definition) is 5. The van der Waals surface area contributed by atoms with Gasteiger partial charge in [0.1, 0.15) is 19.0 Å². The molecule has 1 aliphatic rings. The molecule has 1 atom stereocenters. The van der Waals surface area contributed by atoms with E-state index in [1.807, 2.05) is 6.07 Å². The smallest absolute Gasteiger partial charge is 0.240 e. The Morgan fingerprint density at radius 3 is 2.57 bits per heavy atom. The maximum absolute atomic E-state index is 13.3. The minimum Gasteiger partial charge on any atom is -0.475 e. The van der Waals surface area contributed by atoms with Crippen LogP contribution in [0.1, 0.15) is 38.8 Å². The first-order valence-electron chi connectivity index (χ1n) is 10.5. The number of pyridine rings is 1. The van der Waals surface area contributed by atoms with E-state index in [2.05, 4.69) is 51.1 Å². The molecule has 0 spiro atoms. The number of halogens is 1. The number of hydrogen-bond donors (Lipinski definition) is 1. The van der Waals surface area contributed by atoms with Crippen LogP contribution in [-0.2, 0) is 10.8 Å². The second-order valence-electron chi connectivity index (χ2n) is 9.42. The first kappa shape index (κ1) is 22.6. The number of anilines is 1. The molecule has 1 aromatic heterocycles. The molecule has 2 heterocycles. The molecule has 0 fully saturated rings. The summed E-state index contributed by atoms with van der Waals surface area (Å²) in [7, 11) is -1.82. The van der Waals surface area contributed by atoms with Crippen LogP contribution in [0.3, 0.4) is 0 Å². The number of aromatic nitrogens is 1. The molecule has 5 nitrogen and oxygen atoms in total. The molecule has 0 unspecified atom stereocenters. The number of nitrogens with zero attached hydrogens (tertiary/aromatic N) is 1. The third-order valence-electron chi connectivity index (χ3n) is 5.80. The Bertz CT molecular complexity index is 866. The van der Waals surface area contributed by atoms with Crippen LogP contribution in [0.5, 0.6) is 11.8 Å². The van der Waals surface area contributed by atoms with Crippen molar-refractivity contribution in [1.29, 1.82) is 0 Å². The summed E-state index contributed by atoms with van der Waals surface area (Å²) < 4.78 is 31.3. The molecule has 0 amide bonds. The lowest BCUT2D eigenvalue weighted by Crippen LogP contribution is -2.41. The molecule has 1 N–H and O–H groups in total. The van der Waals surface area contributed by atoms with Crippen LogP contribution >= 0.6 is 0 Å². The van der Waals surface area contributed by atoms with Gasteiger partial charge < -0.3 is 19.2 Å². The van der Waals surface area contributed by atoms with Crippen molar-refractivity contribution >= 4 is 14.0 Å². The van der Waals surface area contributed by atoms with Gasteiger partial charge in [0, 0.05) is 12.0 Å². The van der Waals surface area contributed by atoms with Crippen LogP contribution in [0.15, 0.2) is 30.3 Å². The van der Waals surface area contributed by atoms with Crippen molar-refractivity contribution in [2.24, 2.45) is 0 Å². The molecule has 0 aliphatic carbocycles. The summed E-state index contributed by atoms with van der Waals surface area (Å²) in [4.78, 5) is 4.62. The summed E-state index contributed by atoms with van der Waals surface area (Å²) in [5, 5.41) is 3.56. The molecule has 0 saturated heterocycles. The fourth-order valence-electron chi connectivity index (χ4n) is 2.97. The lowest BCUT2D eigenvalue weighted by atomic mass is 10.1. The van der Waals surface area contributed by atoms with Crippen LogP contribution < -0.4 is 14.8 Å².